The molecule has 19 heavy (non-hydrogen) atoms. The van der Waals surface area contributed by atoms with Crippen LogP contribution >= 0.6 is 0 Å². The molecule has 8 heteroatoms. The van der Waals surface area contributed by atoms with Crippen LogP contribution in [0.2, 0.25) is 0 Å². The van der Waals surface area contributed by atoms with Crippen molar-refractivity contribution in [2.75, 3.05) is 33.7 Å². The van der Waals surface area contributed by atoms with Gasteiger partial charge in [-0.1, -0.05) is 0 Å². The molecule has 1 saturated heterocycles. The van der Waals surface area contributed by atoms with Gasteiger partial charge in [-0.25, -0.2) is 0 Å². The Hall–Kier alpha value is -1.31. The Morgan fingerprint density at radius 3 is 2.42 bits per heavy atom. The molecule has 1 atom stereocenters. The van der Waals surface area contributed by atoms with Crippen molar-refractivity contribution in [1.29, 1.82) is 0 Å². The second-order valence-corrected chi connectivity index (χ2v) is 4.80. The van der Waals surface area contributed by atoms with Crippen molar-refractivity contribution in [2.24, 2.45) is 5.41 Å². The molecule has 2 N–H and O–H groups in total. The molecule has 1 fully saturated rings. The minimum atomic E-state index is -4.59. The third-order valence-electron chi connectivity index (χ3n) is 3.26. The number of hydrogen-bond donors (Lipinski definition) is 2. The van der Waals surface area contributed by atoms with Gasteiger partial charge in [-0.3, -0.25) is 9.59 Å². The monoisotopic (exact) mass is 281 g/mol. The predicted octanol–water partition coefficient (Wildman–Crippen LogP) is 0.123. The van der Waals surface area contributed by atoms with Gasteiger partial charge in [0.05, 0.1) is 0 Å². The van der Waals surface area contributed by atoms with Crippen LogP contribution in [0.1, 0.15) is 12.8 Å². The Bertz CT molecular complexity index is 350. The molecular weight excluding hydrogens is 263 g/mol. The molecule has 1 unspecified atom stereocenters. The molecule has 0 saturated carbocycles. The summed E-state index contributed by atoms with van der Waals surface area (Å²) in [4.78, 5) is 24.4. The van der Waals surface area contributed by atoms with E-state index in [1.807, 2.05) is 0 Å². The van der Waals surface area contributed by atoms with E-state index in [9.17, 15) is 22.8 Å². The maximum Gasteiger partial charge on any atom is 0.404 e. The quantitative estimate of drug-likeness (QED) is 0.769. The van der Waals surface area contributed by atoms with Crippen molar-refractivity contribution in [2.45, 2.75) is 19.0 Å². The molecule has 0 radical (unpaired) electrons. The SMILES string of the molecule is CN(C)C(=O)CCNC(=O)C1(C(F)(F)F)CCNC1. The molecule has 0 bridgehead atoms. The highest BCUT2D eigenvalue weighted by molar-refractivity contribution is 5.85. The van der Waals surface area contributed by atoms with Gasteiger partial charge in [0.2, 0.25) is 11.8 Å². The lowest BCUT2D eigenvalue weighted by Crippen LogP contribution is -2.52. The molecule has 1 aliphatic rings. The van der Waals surface area contributed by atoms with Gasteiger partial charge in [-0.05, 0) is 13.0 Å². The lowest BCUT2D eigenvalue weighted by Gasteiger charge is -2.29. The Balaban J connectivity index is 2.58. The zero-order valence-corrected chi connectivity index (χ0v) is 10.9. The number of rotatable bonds is 4. The first-order valence-corrected chi connectivity index (χ1v) is 5.96. The number of hydrogen-bond acceptors (Lipinski definition) is 3. The Kier molecular flexibility index (Phi) is 4.78. The van der Waals surface area contributed by atoms with E-state index in [-0.39, 0.29) is 31.8 Å². The molecular formula is C11H18F3N3O2. The molecule has 0 aromatic rings. The van der Waals surface area contributed by atoms with Crippen molar-refractivity contribution in [1.82, 2.24) is 15.5 Å². The third-order valence-corrected chi connectivity index (χ3v) is 3.26. The molecule has 1 rings (SSSR count). The highest BCUT2D eigenvalue weighted by Gasteiger charge is 2.61. The van der Waals surface area contributed by atoms with Crippen LogP contribution in [0.4, 0.5) is 13.2 Å². The maximum absolute atomic E-state index is 13.0. The number of nitrogens with zero attached hydrogens (tertiary/aromatic N) is 1. The number of carbonyl (C=O) groups excluding carboxylic acids is 2. The van der Waals surface area contributed by atoms with Crippen molar-refractivity contribution in [3.63, 3.8) is 0 Å². The molecule has 0 aromatic carbocycles. The van der Waals surface area contributed by atoms with Crippen LogP contribution in [0.15, 0.2) is 0 Å². The molecule has 110 valence electrons. The first-order chi connectivity index (χ1) is 8.71. The van der Waals surface area contributed by atoms with Gasteiger partial charge in [0.1, 0.15) is 0 Å². The lowest BCUT2D eigenvalue weighted by atomic mass is 9.85. The van der Waals surface area contributed by atoms with E-state index in [0.29, 0.717) is 0 Å². The van der Waals surface area contributed by atoms with Crippen molar-refractivity contribution < 1.29 is 22.8 Å². The zero-order chi connectivity index (χ0) is 14.7. The second-order valence-electron chi connectivity index (χ2n) is 4.80. The van der Waals surface area contributed by atoms with E-state index >= 15 is 0 Å². The smallest absolute Gasteiger partial charge is 0.355 e. The van der Waals surface area contributed by atoms with E-state index in [0.717, 1.165) is 0 Å². The number of nitrogens with one attached hydrogen (secondary N) is 2. The summed E-state index contributed by atoms with van der Waals surface area (Å²) in [6.45, 7) is -0.346. The molecule has 0 spiro atoms. The van der Waals surface area contributed by atoms with Crippen molar-refractivity contribution in [3.05, 3.63) is 0 Å². The summed E-state index contributed by atoms with van der Waals surface area (Å²) in [7, 11) is 3.09. The van der Waals surface area contributed by atoms with E-state index in [1.54, 1.807) is 14.1 Å². The molecule has 5 nitrogen and oxygen atoms in total. The summed E-state index contributed by atoms with van der Waals surface area (Å²) >= 11 is 0. The minimum absolute atomic E-state index is 0.0138. The maximum atomic E-state index is 13.0. The van der Waals surface area contributed by atoms with Crippen LogP contribution in [0.25, 0.3) is 0 Å². The third kappa shape index (κ3) is 3.37. The van der Waals surface area contributed by atoms with Crippen LogP contribution in [0, 0.1) is 5.41 Å². The van der Waals surface area contributed by atoms with Crippen molar-refractivity contribution >= 4 is 11.8 Å². The van der Waals surface area contributed by atoms with Crippen LogP contribution in [0.5, 0.6) is 0 Å². The zero-order valence-electron chi connectivity index (χ0n) is 10.9. The Labute approximate surface area is 109 Å². The van der Waals surface area contributed by atoms with E-state index < -0.39 is 24.0 Å². The Morgan fingerprint density at radius 2 is 2.00 bits per heavy atom. The standard InChI is InChI=1S/C11H18F3N3O2/c1-17(2)8(18)3-5-16-9(19)10(11(12,13)14)4-6-15-7-10/h15H,3-7H2,1-2H3,(H,16,19). The van der Waals surface area contributed by atoms with Crippen molar-refractivity contribution in [3.8, 4) is 0 Å². The summed E-state index contributed by atoms with van der Waals surface area (Å²) in [5.41, 5.74) is -2.37. The average molecular weight is 281 g/mol. The van der Waals surface area contributed by atoms with Gasteiger partial charge < -0.3 is 15.5 Å². The minimum Gasteiger partial charge on any atom is -0.355 e. The first kappa shape index (κ1) is 15.7. The Morgan fingerprint density at radius 1 is 1.37 bits per heavy atom. The first-order valence-electron chi connectivity index (χ1n) is 5.96. The summed E-state index contributed by atoms with van der Waals surface area (Å²) in [6.07, 6.45) is -4.88. The fourth-order valence-electron chi connectivity index (χ4n) is 1.93. The predicted molar refractivity (Wildman–Crippen MR) is 62.3 cm³/mol. The molecule has 2 amide bonds. The van der Waals surface area contributed by atoms with Crippen LogP contribution in [-0.2, 0) is 9.59 Å². The summed E-state index contributed by atoms with van der Waals surface area (Å²) in [5, 5.41) is 4.77. The van der Waals surface area contributed by atoms with Gasteiger partial charge >= 0.3 is 6.18 Å². The normalized spacial score (nSPS) is 23.2. The van der Waals surface area contributed by atoms with Gasteiger partial charge in [-0.2, -0.15) is 13.2 Å². The second kappa shape index (κ2) is 5.77. The van der Waals surface area contributed by atoms with Crippen LogP contribution < -0.4 is 10.6 Å². The molecule has 0 aliphatic carbocycles. The highest BCUT2D eigenvalue weighted by Crippen LogP contribution is 2.43. The van der Waals surface area contributed by atoms with Crippen LogP contribution in [-0.4, -0.2) is 56.6 Å². The topological polar surface area (TPSA) is 61.4 Å². The molecule has 0 aromatic heterocycles. The number of alkyl halides is 3. The van der Waals surface area contributed by atoms with E-state index in [4.69, 9.17) is 0 Å². The summed E-state index contributed by atoms with van der Waals surface area (Å²) in [5.74, 6) is -1.30. The molecule has 1 heterocycles. The number of carbonyl (C=O) groups is 2. The summed E-state index contributed by atoms with van der Waals surface area (Å²) in [6, 6.07) is 0. The fourth-order valence-corrected chi connectivity index (χ4v) is 1.93. The summed E-state index contributed by atoms with van der Waals surface area (Å²) < 4.78 is 39.0. The molecule has 1 aliphatic heterocycles. The van der Waals surface area contributed by atoms with Crippen LogP contribution in [0.3, 0.4) is 0 Å². The number of amides is 2. The lowest BCUT2D eigenvalue weighted by molar-refractivity contribution is -0.215. The highest BCUT2D eigenvalue weighted by atomic mass is 19.4. The van der Waals surface area contributed by atoms with E-state index in [1.165, 1.54) is 4.90 Å². The average Bonchev–Trinajstić information content (AvgIpc) is 2.77. The van der Waals surface area contributed by atoms with E-state index in [2.05, 4.69) is 10.6 Å². The fraction of sp³-hybridized carbons (Fsp3) is 0.818. The van der Waals surface area contributed by atoms with Gasteiger partial charge in [0.25, 0.3) is 0 Å². The van der Waals surface area contributed by atoms with Gasteiger partial charge in [0, 0.05) is 33.6 Å². The van der Waals surface area contributed by atoms with Gasteiger partial charge in [0.15, 0.2) is 5.41 Å². The number of halogens is 3. The largest absolute Gasteiger partial charge is 0.404 e. The van der Waals surface area contributed by atoms with Gasteiger partial charge in [-0.15, -0.1) is 0 Å².